The zero-order chi connectivity index (χ0) is 19.6. The molecule has 7 heteroatoms. The van der Waals surface area contributed by atoms with E-state index in [2.05, 4.69) is 10.3 Å². The zero-order valence-electron chi connectivity index (χ0n) is 15.5. The van der Waals surface area contributed by atoms with Gasteiger partial charge in [-0.2, -0.15) is 0 Å². The van der Waals surface area contributed by atoms with Crippen molar-refractivity contribution >= 4 is 5.96 Å². The summed E-state index contributed by atoms with van der Waals surface area (Å²) in [6, 6.07) is 12.3. The third-order valence-corrected chi connectivity index (χ3v) is 3.90. The van der Waals surface area contributed by atoms with Crippen molar-refractivity contribution < 1.29 is 18.6 Å². The van der Waals surface area contributed by atoms with Gasteiger partial charge in [0, 0.05) is 19.2 Å². The average molecular weight is 377 g/mol. The van der Waals surface area contributed by atoms with Gasteiger partial charge in [0.1, 0.15) is 18.5 Å². The fourth-order valence-electron chi connectivity index (χ4n) is 2.45. The molecule has 0 radical (unpaired) electrons. The summed E-state index contributed by atoms with van der Waals surface area (Å²) in [5, 5.41) is 13.3. The number of aliphatic hydroxyl groups is 1. The molecule has 0 aliphatic rings. The van der Waals surface area contributed by atoms with Crippen LogP contribution >= 0.6 is 0 Å². The van der Waals surface area contributed by atoms with E-state index in [4.69, 9.17) is 4.74 Å². The van der Waals surface area contributed by atoms with E-state index in [1.165, 1.54) is 18.2 Å². The van der Waals surface area contributed by atoms with Gasteiger partial charge in [-0.25, -0.2) is 8.78 Å². The van der Waals surface area contributed by atoms with E-state index in [1.54, 1.807) is 35.2 Å². The SMILES string of the molecule is CCNC(=NCC(O)c1ccccc1F)N(C)CCOc1ccccc1F. The summed E-state index contributed by atoms with van der Waals surface area (Å²) in [7, 11) is 1.81. The lowest BCUT2D eigenvalue weighted by Crippen LogP contribution is -2.41. The lowest BCUT2D eigenvalue weighted by atomic mass is 10.1. The van der Waals surface area contributed by atoms with Crippen molar-refractivity contribution in [2.24, 2.45) is 4.99 Å². The summed E-state index contributed by atoms with van der Waals surface area (Å²) >= 11 is 0. The molecule has 2 rings (SSSR count). The molecule has 1 unspecified atom stereocenters. The second-order valence-corrected chi connectivity index (χ2v) is 5.93. The number of halogens is 2. The van der Waals surface area contributed by atoms with Crippen LogP contribution < -0.4 is 10.1 Å². The number of nitrogens with one attached hydrogen (secondary N) is 1. The number of likely N-dealkylation sites (N-methyl/N-ethyl adjacent to an activating group) is 1. The maximum absolute atomic E-state index is 13.7. The third-order valence-electron chi connectivity index (χ3n) is 3.90. The first-order valence-electron chi connectivity index (χ1n) is 8.82. The second kappa shape index (κ2) is 10.5. The number of hydrogen-bond acceptors (Lipinski definition) is 3. The van der Waals surface area contributed by atoms with Gasteiger partial charge < -0.3 is 20.1 Å². The van der Waals surface area contributed by atoms with Crippen molar-refractivity contribution in [2.45, 2.75) is 13.0 Å². The van der Waals surface area contributed by atoms with Crippen molar-refractivity contribution in [1.82, 2.24) is 10.2 Å². The van der Waals surface area contributed by atoms with E-state index in [0.717, 1.165) is 0 Å². The third kappa shape index (κ3) is 6.21. The standard InChI is InChI=1S/C20H25F2N3O2/c1-3-23-20(24-14-18(26)15-8-4-5-9-16(15)21)25(2)12-13-27-19-11-7-6-10-17(19)22/h4-11,18,26H,3,12-14H2,1-2H3,(H,23,24). The van der Waals surface area contributed by atoms with Crippen LogP contribution in [0.5, 0.6) is 5.75 Å². The number of hydrogen-bond donors (Lipinski definition) is 2. The predicted molar refractivity (Wildman–Crippen MR) is 102 cm³/mol. The number of guanidine groups is 1. The highest BCUT2D eigenvalue weighted by Crippen LogP contribution is 2.17. The molecule has 0 saturated heterocycles. The maximum Gasteiger partial charge on any atom is 0.193 e. The lowest BCUT2D eigenvalue weighted by molar-refractivity contribution is 0.181. The summed E-state index contributed by atoms with van der Waals surface area (Å²) in [6.07, 6.45) is -1.04. The number of aliphatic imine (C=N–C) groups is 1. The number of nitrogens with zero attached hydrogens (tertiary/aromatic N) is 2. The van der Waals surface area contributed by atoms with Gasteiger partial charge in [-0.05, 0) is 25.1 Å². The minimum atomic E-state index is -1.04. The van der Waals surface area contributed by atoms with Gasteiger partial charge in [-0.3, -0.25) is 4.99 Å². The Bertz CT molecular complexity index is 756. The van der Waals surface area contributed by atoms with Gasteiger partial charge in [-0.1, -0.05) is 30.3 Å². The minimum absolute atomic E-state index is 0.0157. The van der Waals surface area contributed by atoms with Crippen LogP contribution in [0.15, 0.2) is 53.5 Å². The van der Waals surface area contributed by atoms with Gasteiger partial charge in [-0.15, -0.1) is 0 Å². The molecule has 0 aromatic heterocycles. The zero-order valence-corrected chi connectivity index (χ0v) is 15.5. The van der Waals surface area contributed by atoms with Crippen molar-refractivity contribution in [1.29, 1.82) is 0 Å². The summed E-state index contributed by atoms with van der Waals surface area (Å²) in [6.45, 7) is 3.29. The van der Waals surface area contributed by atoms with Crippen LogP contribution in [0.25, 0.3) is 0 Å². The Morgan fingerprint density at radius 1 is 1.15 bits per heavy atom. The van der Waals surface area contributed by atoms with E-state index in [-0.39, 0.29) is 24.5 Å². The molecule has 2 aromatic carbocycles. The summed E-state index contributed by atoms with van der Waals surface area (Å²) < 4.78 is 32.8. The normalized spacial score (nSPS) is 12.6. The second-order valence-electron chi connectivity index (χ2n) is 5.93. The summed E-state index contributed by atoms with van der Waals surface area (Å²) in [4.78, 5) is 6.16. The Labute approximate surface area is 158 Å². The van der Waals surface area contributed by atoms with Crippen LogP contribution in [0, 0.1) is 11.6 Å². The monoisotopic (exact) mass is 377 g/mol. The number of aliphatic hydroxyl groups excluding tert-OH is 1. The molecule has 146 valence electrons. The first kappa shape index (κ1) is 20.6. The van der Waals surface area contributed by atoms with Gasteiger partial charge in [0.15, 0.2) is 17.5 Å². The van der Waals surface area contributed by atoms with Gasteiger partial charge in [0.05, 0.1) is 13.1 Å². The van der Waals surface area contributed by atoms with E-state index in [9.17, 15) is 13.9 Å². The smallest absolute Gasteiger partial charge is 0.193 e. The summed E-state index contributed by atoms with van der Waals surface area (Å²) in [5.41, 5.74) is 0.211. The molecule has 5 nitrogen and oxygen atoms in total. The average Bonchev–Trinajstić information content (AvgIpc) is 2.66. The van der Waals surface area contributed by atoms with E-state index >= 15 is 0 Å². The quantitative estimate of drug-likeness (QED) is 0.549. The Morgan fingerprint density at radius 3 is 2.48 bits per heavy atom. The molecule has 0 aliphatic heterocycles. The Kier molecular flexibility index (Phi) is 8.00. The van der Waals surface area contributed by atoms with Crippen LogP contribution in [0.2, 0.25) is 0 Å². The van der Waals surface area contributed by atoms with Crippen molar-refractivity contribution in [3.05, 3.63) is 65.7 Å². The highest BCUT2D eigenvalue weighted by molar-refractivity contribution is 5.79. The van der Waals surface area contributed by atoms with Crippen LogP contribution in [-0.4, -0.2) is 49.3 Å². The highest BCUT2D eigenvalue weighted by Gasteiger charge is 2.13. The van der Waals surface area contributed by atoms with Crippen LogP contribution in [0.1, 0.15) is 18.6 Å². The van der Waals surface area contributed by atoms with Gasteiger partial charge in [0.25, 0.3) is 0 Å². The van der Waals surface area contributed by atoms with Crippen LogP contribution in [0.3, 0.4) is 0 Å². The molecule has 1 atom stereocenters. The molecule has 0 bridgehead atoms. The topological polar surface area (TPSA) is 57.1 Å². The fourth-order valence-corrected chi connectivity index (χ4v) is 2.45. The van der Waals surface area contributed by atoms with Gasteiger partial charge >= 0.3 is 0 Å². The number of para-hydroxylation sites is 1. The molecule has 0 spiro atoms. The number of benzene rings is 2. The first-order chi connectivity index (χ1) is 13.0. The number of ether oxygens (including phenoxy) is 1. The molecule has 0 saturated carbocycles. The summed E-state index contributed by atoms with van der Waals surface area (Å²) in [5.74, 6) is -0.126. The molecule has 0 amide bonds. The maximum atomic E-state index is 13.7. The molecule has 0 fully saturated rings. The molecule has 27 heavy (non-hydrogen) atoms. The van der Waals surface area contributed by atoms with Crippen LogP contribution in [0.4, 0.5) is 8.78 Å². The minimum Gasteiger partial charge on any atom is -0.489 e. The first-order valence-corrected chi connectivity index (χ1v) is 8.82. The highest BCUT2D eigenvalue weighted by atomic mass is 19.1. The molecule has 2 N–H and O–H groups in total. The number of rotatable bonds is 8. The predicted octanol–water partition coefficient (Wildman–Crippen LogP) is 2.97. The Hall–Kier alpha value is -2.67. The van der Waals surface area contributed by atoms with E-state index < -0.39 is 17.7 Å². The van der Waals surface area contributed by atoms with Crippen molar-refractivity contribution in [3.8, 4) is 5.75 Å². The van der Waals surface area contributed by atoms with Crippen molar-refractivity contribution in [3.63, 3.8) is 0 Å². The van der Waals surface area contributed by atoms with Crippen LogP contribution in [-0.2, 0) is 0 Å². The molecular formula is C20H25F2N3O2. The van der Waals surface area contributed by atoms with E-state index in [1.807, 2.05) is 14.0 Å². The largest absolute Gasteiger partial charge is 0.489 e. The Balaban J connectivity index is 1.93. The van der Waals surface area contributed by atoms with Gasteiger partial charge in [0.2, 0.25) is 0 Å². The molecule has 0 heterocycles. The Morgan fingerprint density at radius 2 is 1.81 bits per heavy atom. The molecular weight excluding hydrogens is 352 g/mol. The molecule has 0 aliphatic carbocycles. The van der Waals surface area contributed by atoms with E-state index in [0.29, 0.717) is 19.0 Å². The van der Waals surface area contributed by atoms with Crippen molar-refractivity contribution in [2.75, 3.05) is 33.3 Å². The lowest BCUT2D eigenvalue weighted by Gasteiger charge is -2.22. The fraction of sp³-hybridized carbons (Fsp3) is 0.350. The molecule has 2 aromatic rings.